The average molecular weight is 240 g/mol. The molecule has 2 atom stereocenters. The molecule has 1 fully saturated rings. The van der Waals surface area contributed by atoms with E-state index in [0.717, 1.165) is 6.42 Å². The second-order valence-electron chi connectivity index (χ2n) is 4.84. The van der Waals surface area contributed by atoms with Crippen LogP contribution in [0.2, 0.25) is 0 Å². The van der Waals surface area contributed by atoms with Crippen LogP contribution in [0.25, 0.3) is 0 Å². The second-order valence-corrected chi connectivity index (χ2v) is 4.84. The highest BCUT2D eigenvalue weighted by atomic mass is 16.2. The van der Waals surface area contributed by atoms with E-state index in [9.17, 15) is 4.79 Å². The van der Waals surface area contributed by atoms with Gasteiger partial charge in [0.25, 0.3) is 5.91 Å². The van der Waals surface area contributed by atoms with Crippen molar-refractivity contribution in [1.82, 2.24) is 9.88 Å². The van der Waals surface area contributed by atoms with Crippen LogP contribution in [-0.2, 0) is 7.05 Å². The van der Waals surface area contributed by atoms with Crippen LogP contribution in [0.3, 0.4) is 0 Å². The van der Waals surface area contributed by atoms with Crippen LogP contribution in [0.15, 0.2) is 48.7 Å². The minimum Gasteiger partial charge on any atom is -0.347 e. The third-order valence-corrected chi connectivity index (χ3v) is 3.51. The first-order valence-corrected chi connectivity index (χ1v) is 6.23. The Bertz CT molecular complexity index is 559. The zero-order valence-electron chi connectivity index (χ0n) is 10.3. The number of nitrogens with zero attached hydrogens (tertiary/aromatic N) is 1. The van der Waals surface area contributed by atoms with Gasteiger partial charge in [0.1, 0.15) is 5.69 Å². The van der Waals surface area contributed by atoms with E-state index in [0.29, 0.717) is 11.6 Å². The number of nitrogens with one attached hydrogen (secondary N) is 1. The molecule has 18 heavy (non-hydrogen) atoms. The molecule has 1 aromatic carbocycles. The molecule has 1 heterocycles. The van der Waals surface area contributed by atoms with Crippen LogP contribution in [0.5, 0.6) is 0 Å². The molecule has 0 aliphatic heterocycles. The number of rotatable bonds is 3. The van der Waals surface area contributed by atoms with Gasteiger partial charge in [-0.25, -0.2) is 0 Å². The molecule has 92 valence electrons. The van der Waals surface area contributed by atoms with Crippen molar-refractivity contribution in [2.75, 3.05) is 0 Å². The van der Waals surface area contributed by atoms with Crippen molar-refractivity contribution in [3.63, 3.8) is 0 Å². The van der Waals surface area contributed by atoms with Gasteiger partial charge in [-0.05, 0) is 24.1 Å². The molecule has 2 aromatic rings. The molecule has 0 bridgehead atoms. The molecule has 0 saturated heterocycles. The van der Waals surface area contributed by atoms with E-state index in [1.807, 2.05) is 48.1 Å². The summed E-state index contributed by atoms with van der Waals surface area (Å²) in [5.74, 6) is 0.501. The van der Waals surface area contributed by atoms with Crippen molar-refractivity contribution >= 4 is 5.91 Å². The van der Waals surface area contributed by atoms with Gasteiger partial charge in [0.2, 0.25) is 0 Å². The summed E-state index contributed by atoms with van der Waals surface area (Å²) in [5, 5.41) is 3.09. The van der Waals surface area contributed by atoms with Gasteiger partial charge in [-0.3, -0.25) is 4.79 Å². The van der Waals surface area contributed by atoms with Gasteiger partial charge in [-0.15, -0.1) is 0 Å². The van der Waals surface area contributed by atoms with Crippen LogP contribution in [0.1, 0.15) is 28.4 Å². The predicted octanol–water partition coefficient (Wildman–Crippen LogP) is 2.31. The minimum atomic E-state index is 0.0194. The van der Waals surface area contributed by atoms with Crippen LogP contribution in [-0.4, -0.2) is 16.5 Å². The molecule has 1 N–H and O–H groups in total. The van der Waals surface area contributed by atoms with Gasteiger partial charge in [-0.2, -0.15) is 0 Å². The summed E-state index contributed by atoms with van der Waals surface area (Å²) < 4.78 is 1.84. The van der Waals surface area contributed by atoms with Gasteiger partial charge >= 0.3 is 0 Å². The Balaban J connectivity index is 1.64. The molecule has 0 unspecified atom stereocenters. The maximum Gasteiger partial charge on any atom is 0.268 e. The predicted molar refractivity (Wildman–Crippen MR) is 70.5 cm³/mol. The third-order valence-electron chi connectivity index (χ3n) is 3.51. The van der Waals surface area contributed by atoms with Crippen LogP contribution >= 0.6 is 0 Å². The minimum absolute atomic E-state index is 0.0194. The van der Waals surface area contributed by atoms with E-state index in [1.165, 1.54) is 5.56 Å². The highest BCUT2D eigenvalue weighted by Crippen LogP contribution is 2.40. The summed E-state index contributed by atoms with van der Waals surface area (Å²) >= 11 is 0. The first-order chi connectivity index (χ1) is 8.75. The lowest BCUT2D eigenvalue weighted by molar-refractivity contribution is 0.0942. The van der Waals surface area contributed by atoms with Crippen molar-refractivity contribution in [2.24, 2.45) is 7.05 Å². The zero-order valence-corrected chi connectivity index (χ0v) is 10.3. The van der Waals surface area contributed by atoms with Gasteiger partial charge in [-0.1, -0.05) is 30.3 Å². The molecular formula is C15H16N2O. The summed E-state index contributed by atoms with van der Waals surface area (Å²) in [7, 11) is 1.89. The van der Waals surface area contributed by atoms with Crippen molar-refractivity contribution < 1.29 is 4.79 Å². The van der Waals surface area contributed by atoms with Crippen molar-refractivity contribution in [1.29, 1.82) is 0 Å². The molecule has 1 amide bonds. The number of hydrogen-bond acceptors (Lipinski definition) is 1. The van der Waals surface area contributed by atoms with Crippen LogP contribution < -0.4 is 5.32 Å². The topological polar surface area (TPSA) is 34.0 Å². The lowest BCUT2D eigenvalue weighted by Gasteiger charge is -2.05. The normalized spacial score (nSPS) is 21.6. The van der Waals surface area contributed by atoms with E-state index >= 15 is 0 Å². The lowest BCUT2D eigenvalue weighted by atomic mass is 10.1. The highest BCUT2D eigenvalue weighted by Gasteiger charge is 2.39. The van der Waals surface area contributed by atoms with Gasteiger partial charge in [0.15, 0.2) is 0 Å². The fraction of sp³-hybridized carbons (Fsp3) is 0.267. The van der Waals surface area contributed by atoms with E-state index in [2.05, 4.69) is 17.4 Å². The van der Waals surface area contributed by atoms with Crippen molar-refractivity contribution in [3.8, 4) is 0 Å². The molecule has 3 heteroatoms. The first kappa shape index (κ1) is 11.1. The van der Waals surface area contributed by atoms with Crippen molar-refractivity contribution in [2.45, 2.75) is 18.4 Å². The first-order valence-electron chi connectivity index (χ1n) is 6.23. The summed E-state index contributed by atoms with van der Waals surface area (Å²) in [5.41, 5.74) is 2.03. The number of aryl methyl sites for hydroxylation is 1. The van der Waals surface area contributed by atoms with Crippen molar-refractivity contribution in [3.05, 3.63) is 59.9 Å². The van der Waals surface area contributed by atoms with Gasteiger partial charge in [0.05, 0.1) is 0 Å². The standard InChI is InChI=1S/C15H16N2O/c1-17-9-5-8-14(17)15(18)16-13-10-12(13)11-6-3-2-4-7-11/h2-9,12-13H,10H2,1H3,(H,16,18)/t12-,13+/m0/s1. The number of benzene rings is 1. The monoisotopic (exact) mass is 240 g/mol. The Morgan fingerprint density at radius 3 is 2.67 bits per heavy atom. The number of aromatic nitrogens is 1. The Labute approximate surface area is 106 Å². The molecule has 1 saturated carbocycles. The Morgan fingerprint density at radius 1 is 1.22 bits per heavy atom. The molecule has 1 aliphatic carbocycles. The molecule has 1 aliphatic rings. The molecule has 1 aromatic heterocycles. The second kappa shape index (κ2) is 4.33. The van der Waals surface area contributed by atoms with Gasteiger partial charge < -0.3 is 9.88 Å². The summed E-state index contributed by atoms with van der Waals surface area (Å²) in [6, 6.07) is 14.4. The average Bonchev–Trinajstić information content (AvgIpc) is 3.01. The SMILES string of the molecule is Cn1cccc1C(=O)N[C@@H]1C[C@H]1c1ccccc1. The maximum absolute atomic E-state index is 12.0. The largest absolute Gasteiger partial charge is 0.347 e. The van der Waals surface area contributed by atoms with E-state index < -0.39 is 0 Å². The number of amides is 1. The fourth-order valence-corrected chi connectivity index (χ4v) is 2.36. The van der Waals surface area contributed by atoms with E-state index in [1.54, 1.807) is 0 Å². The molecule has 0 spiro atoms. The van der Waals surface area contributed by atoms with E-state index in [4.69, 9.17) is 0 Å². The molecule has 3 rings (SSSR count). The van der Waals surface area contributed by atoms with Gasteiger partial charge in [0, 0.05) is 25.2 Å². The maximum atomic E-state index is 12.0. The number of hydrogen-bond donors (Lipinski definition) is 1. The third kappa shape index (κ3) is 2.04. The smallest absolute Gasteiger partial charge is 0.268 e. The summed E-state index contributed by atoms with van der Waals surface area (Å²) in [6.45, 7) is 0. The fourth-order valence-electron chi connectivity index (χ4n) is 2.36. The molecular weight excluding hydrogens is 224 g/mol. The lowest BCUT2D eigenvalue weighted by Crippen LogP contribution is -2.28. The highest BCUT2D eigenvalue weighted by molar-refractivity contribution is 5.93. The summed E-state index contributed by atoms with van der Waals surface area (Å²) in [4.78, 5) is 12.0. The van der Waals surface area contributed by atoms with E-state index in [-0.39, 0.29) is 11.9 Å². The molecule has 0 radical (unpaired) electrons. The summed E-state index contributed by atoms with van der Waals surface area (Å²) in [6.07, 6.45) is 2.93. The Morgan fingerprint density at radius 2 is 2.00 bits per heavy atom. The quantitative estimate of drug-likeness (QED) is 0.877. The molecule has 3 nitrogen and oxygen atoms in total. The number of carbonyl (C=O) groups is 1. The Kier molecular flexibility index (Phi) is 2.67. The number of carbonyl (C=O) groups excluding carboxylic acids is 1. The van der Waals surface area contributed by atoms with Crippen LogP contribution in [0, 0.1) is 0 Å². The van der Waals surface area contributed by atoms with Crippen LogP contribution in [0.4, 0.5) is 0 Å². The zero-order chi connectivity index (χ0) is 12.5. The Hall–Kier alpha value is -2.03.